The minimum absolute atomic E-state index is 0.987. The van der Waals surface area contributed by atoms with Crippen LogP contribution in [0.3, 0.4) is 0 Å². The van der Waals surface area contributed by atoms with E-state index >= 15 is 0 Å². The Balaban J connectivity index is 1.63. The van der Waals surface area contributed by atoms with Crippen LogP contribution in [0.2, 0.25) is 0 Å². The Kier molecular flexibility index (Phi) is 5.94. The molecule has 0 bridgehead atoms. The molecule has 0 aromatic heterocycles. The Bertz CT molecular complexity index is 371. The first-order valence-corrected chi connectivity index (χ1v) is 8.41. The van der Waals surface area contributed by atoms with E-state index in [4.69, 9.17) is 0 Å². The van der Waals surface area contributed by atoms with Crippen LogP contribution < -0.4 is 4.90 Å². The summed E-state index contributed by atoms with van der Waals surface area (Å²) in [5, 5.41) is 0. The maximum absolute atomic E-state index is 2.41. The molecule has 1 fully saturated rings. The third-order valence-electron chi connectivity index (χ3n) is 4.92. The summed E-state index contributed by atoms with van der Waals surface area (Å²) in [6, 6.07) is 9.05. The Hall–Kier alpha value is -0.980. The van der Waals surface area contributed by atoms with Crippen LogP contribution >= 0.6 is 0 Å². The van der Waals surface area contributed by atoms with Crippen molar-refractivity contribution in [3.8, 4) is 0 Å². The van der Waals surface area contributed by atoms with Crippen molar-refractivity contribution in [2.45, 2.75) is 58.3 Å². The van der Waals surface area contributed by atoms with Crippen LogP contribution in [0, 0.1) is 11.8 Å². The summed E-state index contributed by atoms with van der Waals surface area (Å²) in [6.07, 6.45) is 11.4. The first kappa shape index (κ1) is 15.4. The number of benzene rings is 1. The first-order chi connectivity index (χ1) is 9.65. The monoisotopic (exact) mass is 273 g/mol. The maximum Gasteiger partial charge on any atom is 0.0361 e. The minimum Gasteiger partial charge on any atom is -0.378 e. The molecule has 1 aliphatic rings. The van der Waals surface area contributed by atoms with E-state index < -0.39 is 0 Å². The topological polar surface area (TPSA) is 3.24 Å². The fourth-order valence-electron chi connectivity index (χ4n) is 3.34. The lowest BCUT2D eigenvalue weighted by Gasteiger charge is -2.26. The van der Waals surface area contributed by atoms with Gasteiger partial charge in [-0.15, -0.1) is 0 Å². The van der Waals surface area contributed by atoms with Crippen molar-refractivity contribution in [2.75, 3.05) is 19.0 Å². The smallest absolute Gasteiger partial charge is 0.0361 e. The second-order valence-electron chi connectivity index (χ2n) is 6.93. The Morgan fingerprint density at radius 1 is 0.950 bits per heavy atom. The van der Waals surface area contributed by atoms with E-state index in [0.717, 1.165) is 11.8 Å². The number of hydrogen-bond acceptors (Lipinski definition) is 1. The zero-order chi connectivity index (χ0) is 14.4. The van der Waals surface area contributed by atoms with Crippen LogP contribution in [-0.4, -0.2) is 14.1 Å². The average Bonchev–Trinajstić information content (AvgIpc) is 2.46. The van der Waals surface area contributed by atoms with Crippen molar-refractivity contribution in [2.24, 2.45) is 11.8 Å². The summed E-state index contributed by atoms with van der Waals surface area (Å²) in [5.41, 5.74) is 2.79. The molecule has 0 radical (unpaired) electrons. The Labute approximate surface area is 125 Å². The van der Waals surface area contributed by atoms with E-state index in [0.29, 0.717) is 0 Å². The fraction of sp³-hybridized carbons (Fsp3) is 0.684. The number of unbranched alkanes of at least 4 members (excludes halogenated alkanes) is 1. The lowest BCUT2D eigenvalue weighted by Crippen LogP contribution is -2.12. The zero-order valence-corrected chi connectivity index (χ0v) is 13.6. The van der Waals surface area contributed by atoms with E-state index in [2.05, 4.69) is 50.2 Å². The highest BCUT2D eigenvalue weighted by molar-refractivity contribution is 5.45. The summed E-state index contributed by atoms with van der Waals surface area (Å²) >= 11 is 0. The van der Waals surface area contributed by atoms with Crippen LogP contribution in [0.5, 0.6) is 0 Å². The van der Waals surface area contributed by atoms with Gasteiger partial charge in [0, 0.05) is 19.8 Å². The molecule has 0 heterocycles. The maximum atomic E-state index is 2.41. The summed E-state index contributed by atoms with van der Waals surface area (Å²) < 4.78 is 0. The number of nitrogens with zero attached hydrogens (tertiary/aromatic N) is 1. The average molecular weight is 273 g/mol. The van der Waals surface area contributed by atoms with Gasteiger partial charge in [0.15, 0.2) is 0 Å². The number of anilines is 1. The van der Waals surface area contributed by atoms with Gasteiger partial charge in [0.2, 0.25) is 0 Å². The van der Waals surface area contributed by atoms with Gasteiger partial charge >= 0.3 is 0 Å². The highest BCUT2D eigenvalue weighted by Gasteiger charge is 2.17. The van der Waals surface area contributed by atoms with Gasteiger partial charge in [0.05, 0.1) is 0 Å². The van der Waals surface area contributed by atoms with Gasteiger partial charge < -0.3 is 4.90 Å². The molecule has 0 unspecified atom stereocenters. The highest BCUT2D eigenvalue weighted by atomic mass is 15.1. The molecule has 1 heteroatoms. The molecule has 112 valence electrons. The molecule has 2 rings (SSSR count). The molecule has 0 aliphatic heterocycles. The largest absolute Gasteiger partial charge is 0.378 e. The van der Waals surface area contributed by atoms with Crippen LogP contribution in [0.25, 0.3) is 0 Å². The molecule has 1 aromatic carbocycles. The normalized spacial score (nSPS) is 22.8. The Morgan fingerprint density at radius 2 is 1.60 bits per heavy atom. The van der Waals surface area contributed by atoms with Gasteiger partial charge in [-0.1, -0.05) is 57.6 Å². The minimum atomic E-state index is 0.987. The van der Waals surface area contributed by atoms with E-state index in [1.807, 2.05) is 0 Å². The second kappa shape index (κ2) is 7.71. The summed E-state index contributed by atoms with van der Waals surface area (Å²) in [7, 11) is 4.19. The van der Waals surface area contributed by atoms with Crippen molar-refractivity contribution in [3.63, 3.8) is 0 Å². The summed E-state index contributed by atoms with van der Waals surface area (Å²) in [5.74, 6) is 2.02. The zero-order valence-electron chi connectivity index (χ0n) is 13.6. The molecule has 0 atom stereocenters. The lowest BCUT2D eigenvalue weighted by molar-refractivity contribution is 0.272. The standard InChI is InChI=1S/C19H31N/c1-16-8-10-17(11-9-16)6-4-5-7-18-12-14-19(15-13-18)20(2)3/h12-17H,4-11H2,1-3H3. The molecule has 0 N–H and O–H groups in total. The van der Waals surface area contributed by atoms with Gasteiger partial charge in [-0.2, -0.15) is 0 Å². The Morgan fingerprint density at radius 3 is 2.20 bits per heavy atom. The number of hydrogen-bond donors (Lipinski definition) is 0. The van der Waals surface area contributed by atoms with E-state index in [1.54, 1.807) is 0 Å². The predicted octanol–water partition coefficient (Wildman–Crippen LogP) is 5.29. The van der Waals surface area contributed by atoms with Gasteiger partial charge in [-0.25, -0.2) is 0 Å². The summed E-state index contributed by atoms with van der Waals surface area (Å²) in [6.45, 7) is 2.41. The van der Waals surface area contributed by atoms with Crippen molar-refractivity contribution < 1.29 is 0 Å². The van der Waals surface area contributed by atoms with Crippen LogP contribution in [0.4, 0.5) is 5.69 Å². The number of rotatable bonds is 6. The van der Waals surface area contributed by atoms with E-state index in [-0.39, 0.29) is 0 Å². The van der Waals surface area contributed by atoms with Gasteiger partial charge in [-0.05, 0) is 42.4 Å². The highest BCUT2D eigenvalue weighted by Crippen LogP contribution is 2.31. The quantitative estimate of drug-likeness (QED) is 0.636. The SMILES string of the molecule is CC1CCC(CCCCc2ccc(N(C)C)cc2)CC1. The fourth-order valence-corrected chi connectivity index (χ4v) is 3.34. The third-order valence-corrected chi connectivity index (χ3v) is 4.92. The van der Waals surface area contributed by atoms with Crippen LogP contribution in [-0.2, 0) is 6.42 Å². The second-order valence-corrected chi connectivity index (χ2v) is 6.93. The molecule has 1 aromatic rings. The molecule has 0 spiro atoms. The van der Waals surface area contributed by atoms with Crippen molar-refractivity contribution in [3.05, 3.63) is 29.8 Å². The molecule has 1 aliphatic carbocycles. The molecular formula is C19H31N. The van der Waals surface area contributed by atoms with Crippen molar-refractivity contribution >= 4 is 5.69 Å². The van der Waals surface area contributed by atoms with Gasteiger partial charge in [0.25, 0.3) is 0 Å². The number of aryl methyl sites for hydroxylation is 1. The molecular weight excluding hydrogens is 242 g/mol. The van der Waals surface area contributed by atoms with Crippen molar-refractivity contribution in [1.29, 1.82) is 0 Å². The molecule has 0 saturated heterocycles. The molecule has 0 amide bonds. The van der Waals surface area contributed by atoms with E-state index in [1.165, 1.54) is 62.6 Å². The first-order valence-electron chi connectivity index (χ1n) is 8.41. The van der Waals surface area contributed by atoms with Crippen LogP contribution in [0.15, 0.2) is 24.3 Å². The van der Waals surface area contributed by atoms with Crippen LogP contribution in [0.1, 0.15) is 57.4 Å². The lowest BCUT2D eigenvalue weighted by atomic mass is 9.80. The molecule has 20 heavy (non-hydrogen) atoms. The predicted molar refractivity (Wildman–Crippen MR) is 89.4 cm³/mol. The van der Waals surface area contributed by atoms with Crippen molar-refractivity contribution in [1.82, 2.24) is 0 Å². The van der Waals surface area contributed by atoms with Gasteiger partial charge in [0.1, 0.15) is 0 Å². The third kappa shape index (κ3) is 4.85. The van der Waals surface area contributed by atoms with Gasteiger partial charge in [-0.3, -0.25) is 0 Å². The molecule has 1 saturated carbocycles. The molecule has 1 nitrogen and oxygen atoms in total. The summed E-state index contributed by atoms with van der Waals surface area (Å²) in [4.78, 5) is 2.16. The van der Waals surface area contributed by atoms with E-state index in [9.17, 15) is 0 Å².